The van der Waals surface area contributed by atoms with Crippen LogP contribution < -0.4 is 5.32 Å². The van der Waals surface area contributed by atoms with Gasteiger partial charge in [-0.3, -0.25) is 0 Å². The predicted molar refractivity (Wildman–Crippen MR) is 83.5 cm³/mol. The first-order valence-corrected chi connectivity index (χ1v) is 7.25. The van der Waals surface area contributed by atoms with Gasteiger partial charge >= 0.3 is 5.97 Å². The molecule has 4 heteroatoms. The summed E-state index contributed by atoms with van der Waals surface area (Å²) in [5, 5.41) is 13.5. The number of fused-ring (bicyclic) bond motifs is 1. The molecule has 2 aromatic rings. The van der Waals surface area contributed by atoms with Crippen molar-refractivity contribution in [3.05, 3.63) is 35.6 Å². The van der Waals surface area contributed by atoms with Crippen molar-refractivity contribution < 1.29 is 14.3 Å². The average Bonchev–Trinajstić information content (AvgIpc) is 2.77. The van der Waals surface area contributed by atoms with Crippen LogP contribution in [-0.4, -0.2) is 17.6 Å². The fourth-order valence-electron chi connectivity index (χ4n) is 2.17. The molecule has 0 radical (unpaired) electrons. The number of aromatic carboxylic acids is 1. The van der Waals surface area contributed by atoms with E-state index in [0.717, 1.165) is 17.5 Å². The zero-order valence-corrected chi connectivity index (χ0v) is 13.1. The van der Waals surface area contributed by atoms with Crippen LogP contribution in [0.15, 0.2) is 28.7 Å². The van der Waals surface area contributed by atoms with Crippen LogP contribution in [0.3, 0.4) is 0 Å². The minimum atomic E-state index is -1.02. The van der Waals surface area contributed by atoms with Gasteiger partial charge in [-0.15, -0.1) is 0 Å². The molecule has 1 heterocycles. The fourth-order valence-corrected chi connectivity index (χ4v) is 2.17. The maximum Gasteiger partial charge on any atom is 0.372 e. The maximum atomic E-state index is 11.3. The van der Waals surface area contributed by atoms with Gasteiger partial charge in [0.25, 0.3) is 0 Å². The van der Waals surface area contributed by atoms with Crippen molar-refractivity contribution >= 4 is 16.9 Å². The molecular formula is C17H23NO3. The number of nitrogens with one attached hydrogen (secondary N) is 1. The van der Waals surface area contributed by atoms with Crippen molar-refractivity contribution in [3.63, 3.8) is 0 Å². The first-order valence-electron chi connectivity index (χ1n) is 7.25. The van der Waals surface area contributed by atoms with E-state index >= 15 is 0 Å². The van der Waals surface area contributed by atoms with Crippen molar-refractivity contribution in [1.82, 2.24) is 5.32 Å². The molecule has 1 aromatic heterocycles. The molecule has 1 aromatic carbocycles. The summed E-state index contributed by atoms with van der Waals surface area (Å²) in [6.07, 6.45) is 0. The van der Waals surface area contributed by atoms with Crippen LogP contribution in [0.2, 0.25) is 0 Å². The summed E-state index contributed by atoms with van der Waals surface area (Å²) in [5.74, 6) is -0.497. The van der Waals surface area contributed by atoms with Crippen LogP contribution in [0, 0.1) is 11.3 Å². The summed E-state index contributed by atoms with van der Waals surface area (Å²) in [5.41, 5.74) is 1.57. The van der Waals surface area contributed by atoms with Gasteiger partial charge in [0.15, 0.2) is 0 Å². The maximum absolute atomic E-state index is 11.3. The fraction of sp³-hybridized carbons (Fsp3) is 0.471. The highest BCUT2D eigenvalue weighted by molar-refractivity contribution is 5.95. The highest BCUT2D eigenvalue weighted by Gasteiger charge is 2.22. The van der Waals surface area contributed by atoms with Gasteiger partial charge in [-0.05, 0) is 23.9 Å². The zero-order valence-electron chi connectivity index (χ0n) is 13.1. The monoisotopic (exact) mass is 289 g/mol. The van der Waals surface area contributed by atoms with E-state index in [1.165, 1.54) is 0 Å². The topological polar surface area (TPSA) is 62.5 Å². The molecule has 0 amide bonds. The van der Waals surface area contributed by atoms with Crippen molar-refractivity contribution in [3.8, 4) is 0 Å². The number of furan rings is 1. The van der Waals surface area contributed by atoms with E-state index in [2.05, 4.69) is 33.0 Å². The van der Waals surface area contributed by atoms with Crippen molar-refractivity contribution in [2.24, 2.45) is 11.3 Å². The molecule has 0 spiro atoms. The summed E-state index contributed by atoms with van der Waals surface area (Å²) in [6, 6.07) is 7.43. The third kappa shape index (κ3) is 3.45. The van der Waals surface area contributed by atoms with E-state index in [1.807, 2.05) is 18.2 Å². The predicted octanol–water partition coefficient (Wildman–Crippen LogP) is 3.90. The van der Waals surface area contributed by atoms with Gasteiger partial charge in [-0.25, -0.2) is 4.79 Å². The third-order valence-electron chi connectivity index (χ3n) is 4.12. The molecule has 2 rings (SSSR count). The van der Waals surface area contributed by atoms with Crippen LogP contribution in [0.5, 0.6) is 0 Å². The van der Waals surface area contributed by atoms with Gasteiger partial charge in [-0.2, -0.15) is 0 Å². The normalized spacial score (nSPS) is 13.5. The van der Waals surface area contributed by atoms with Gasteiger partial charge in [0, 0.05) is 17.5 Å². The van der Waals surface area contributed by atoms with Gasteiger partial charge in [0.2, 0.25) is 5.76 Å². The van der Waals surface area contributed by atoms with Crippen LogP contribution in [0.1, 0.15) is 43.8 Å². The molecule has 1 atom stereocenters. The number of rotatable bonds is 5. The van der Waals surface area contributed by atoms with Gasteiger partial charge < -0.3 is 14.8 Å². The number of hydrogen-bond acceptors (Lipinski definition) is 3. The lowest BCUT2D eigenvalue weighted by atomic mass is 9.82. The molecule has 0 saturated heterocycles. The standard InChI is InChI=1S/C17H23NO3/c1-11(17(2,3)4)9-18-10-13-12-7-5-6-8-14(12)21-15(13)16(19)20/h5-8,11,18H,9-10H2,1-4H3,(H,19,20). The number of carboxylic acids is 1. The lowest BCUT2D eigenvalue weighted by Gasteiger charge is -2.27. The summed E-state index contributed by atoms with van der Waals surface area (Å²) < 4.78 is 5.45. The molecule has 0 aliphatic heterocycles. The Morgan fingerprint density at radius 3 is 2.62 bits per heavy atom. The lowest BCUT2D eigenvalue weighted by Crippen LogP contribution is -2.29. The molecule has 4 nitrogen and oxygen atoms in total. The van der Waals surface area contributed by atoms with Crippen molar-refractivity contribution in [2.75, 3.05) is 6.54 Å². The SMILES string of the molecule is CC(CNCc1c(C(=O)O)oc2ccccc12)C(C)(C)C. The zero-order chi connectivity index (χ0) is 15.6. The second-order valence-corrected chi connectivity index (χ2v) is 6.61. The molecular weight excluding hydrogens is 266 g/mol. The number of carbonyl (C=O) groups is 1. The summed E-state index contributed by atoms with van der Waals surface area (Å²) >= 11 is 0. The minimum absolute atomic E-state index is 0.0344. The van der Waals surface area contributed by atoms with E-state index in [9.17, 15) is 9.90 Å². The Kier molecular flexibility index (Phi) is 4.37. The Hall–Kier alpha value is -1.81. The van der Waals surface area contributed by atoms with Gasteiger partial charge in [-0.1, -0.05) is 45.9 Å². The minimum Gasteiger partial charge on any atom is -0.475 e. The average molecular weight is 289 g/mol. The first kappa shape index (κ1) is 15.6. The van der Waals surface area contributed by atoms with Crippen LogP contribution in [0.25, 0.3) is 11.0 Å². The Morgan fingerprint density at radius 2 is 2.00 bits per heavy atom. The lowest BCUT2D eigenvalue weighted by molar-refractivity contribution is 0.0663. The Morgan fingerprint density at radius 1 is 1.33 bits per heavy atom. The molecule has 0 fully saturated rings. The molecule has 1 unspecified atom stereocenters. The smallest absolute Gasteiger partial charge is 0.372 e. The number of benzene rings is 1. The second kappa shape index (κ2) is 5.90. The van der Waals surface area contributed by atoms with Crippen LogP contribution >= 0.6 is 0 Å². The summed E-state index contributed by atoms with van der Waals surface area (Å²) in [4.78, 5) is 11.3. The van der Waals surface area contributed by atoms with Crippen molar-refractivity contribution in [1.29, 1.82) is 0 Å². The van der Waals surface area contributed by atoms with Gasteiger partial charge in [0.05, 0.1) is 0 Å². The Balaban J connectivity index is 2.18. The van der Waals surface area contributed by atoms with Crippen molar-refractivity contribution in [2.45, 2.75) is 34.2 Å². The Labute approximate surface area is 125 Å². The van der Waals surface area contributed by atoms with E-state index in [4.69, 9.17) is 4.42 Å². The molecule has 0 bridgehead atoms. The van der Waals surface area contributed by atoms with E-state index in [-0.39, 0.29) is 11.2 Å². The molecule has 0 saturated carbocycles. The molecule has 21 heavy (non-hydrogen) atoms. The molecule has 114 valence electrons. The third-order valence-corrected chi connectivity index (χ3v) is 4.12. The van der Waals surface area contributed by atoms with Gasteiger partial charge in [0.1, 0.15) is 5.58 Å². The van der Waals surface area contributed by atoms with Crippen LogP contribution in [-0.2, 0) is 6.54 Å². The van der Waals surface area contributed by atoms with E-state index < -0.39 is 5.97 Å². The molecule has 0 aliphatic carbocycles. The summed E-state index contributed by atoms with van der Waals surface area (Å²) in [7, 11) is 0. The molecule has 2 N–H and O–H groups in total. The highest BCUT2D eigenvalue weighted by atomic mass is 16.4. The highest BCUT2D eigenvalue weighted by Crippen LogP contribution is 2.27. The quantitative estimate of drug-likeness (QED) is 0.876. The van der Waals surface area contributed by atoms with E-state index in [0.29, 0.717) is 18.0 Å². The number of hydrogen-bond donors (Lipinski definition) is 2. The second-order valence-electron chi connectivity index (χ2n) is 6.61. The Bertz CT molecular complexity index is 637. The first-order chi connectivity index (χ1) is 9.80. The van der Waals surface area contributed by atoms with Crippen LogP contribution in [0.4, 0.5) is 0 Å². The largest absolute Gasteiger partial charge is 0.475 e. The van der Waals surface area contributed by atoms with E-state index in [1.54, 1.807) is 6.07 Å². The molecule has 0 aliphatic rings. The summed E-state index contributed by atoms with van der Waals surface area (Å²) in [6.45, 7) is 10.1. The number of carboxylic acid groups (broad SMARTS) is 1. The number of para-hydroxylation sites is 1.